The first-order valence-corrected chi connectivity index (χ1v) is 29.3. The van der Waals surface area contributed by atoms with Gasteiger partial charge in [-0.15, -0.1) is 55.4 Å². The van der Waals surface area contributed by atoms with Gasteiger partial charge in [-0.05, 0) is 137 Å². The lowest BCUT2D eigenvalue weighted by molar-refractivity contribution is -0.277. The third kappa shape index (κ3) is 19.5. The molecule has 99 heavy (non-hydrogen) atoms. The van der Waals surface area contributed by atoms with Gasteiger partial charge in [-0.2, -0.15) is 79.0 Å². The molecule has 12 bridgehead atoms. The van der Waals surface area contributed by atoms with Gasteiger partial charge in [0.25, 0.3) is 35.3 Å². The minimum absolute atomic E-state index is 0. The van der Waals surface area contributed by atoms with Crippen LogP contribution < -0.4 is 31.0 Å². The van der Waals surface area contributed by atoms with E-state index in [2.05, 4.69) is 50.9 Å². The third-order valence-electron chi connectivity index (χ3n) is 14.8. The van der Waals surface area contributed by atoms with E-state index in [0.717, 1.165) is 0 Å². The van der Waals surface area contributed by atoms with E-state index in [9.17, 15) is 99.1 Å². The summed E-state index contributed by atoms with van der Waals surface area (Å²) < 4.78 is 281. The summed E-state index contributed by atoms with van der Waals surface area (Å²) in [6.45, 7) is 9.05. The Morgan fingerprint density at radius 2 is 0.747 bits per heavy atom. The largest absolute Gasteiger partial charge is 0.474 e. The summed E-state index contributed by atoms with van der Waals surface area (Å²) in [4.78, 5) is 23.6. The van der Waals surface area contributed by atoms with Gasteiger partial charge in [-0.1, -0.05) is 19.3 Å². The van der Waals surface area contributed by atoms with E-state index >= 15 is 0 Å². The van der Waals surface area contributed by atoms with Crippen LogP contribution in [0.25, 0.3) is 34.8 Å². The highest BCUT2D eigenvalue weighted by molar-refractivity contribution is 5.90. The maximum atomic E-state index is 13.9. The molecule has 6 unspecified atom stereocenters. The number of rotatable bonds is 1. The van der Waals surface area contributed by atoms with Crippen molar-refractivity contribution in [1.29, 1.82) is 0 Å². The molecule has 0 saturated carbocycles. The molecule has 0 aromatic carbocycles. The molecule has 6 aromatic rings. The fraction of sp³-hybridized carbons (Fsp3) is 0.607. The number of carbonyl (C=O) groups is 1. The topological polar surface area (TPSA) is 334 Å². The average molecular weight is 1490 g/mol. The number of anilines is 3. The van der Waals surface area contributed by atoms with Crippen LogP contribution in [0.4, 0.5) is 101 Å². The number of nitrogens with two attached hydrogens (primary N) is 2. The Labute approximate surface area is 560 Å². The normalized spacial score (nSPS) is 22.3. The van der Waals surface area contributed by atoms with Gasteiger partial charge in [-0.3, -0.25) is 5.32 Å². The van der Waals surface area contributed by atoms with Crippen molar-refractivity contribution in [3.05, 3.63) is 52.6 Å². The lowest BCUT2D eigenvalue weighted by atomic mass is 9.94. The maximum Gasteiger partial charge on any atom is 0.426 e. The van der Waals surface area contributed by atoms with Crippen molar-refractivity contribution < 1.29 is 131 Å². The summed E-state index contributed by atoms with van der Waals surface area (Å²) in [6, 6.07) is 1.56. The number of aliphatic hydroxyl groups is 3. The number of fused-ring (bicyclic) bond motifs is 15. The van der Waals surface area contributed by atoms with E-state index in [1.807, 2.05) is 0 Å². The minimum atomic E-state index is -5.19. The third-order valence-corrected chi connectivity index (χ3v) is 14.8. The molecule has 8 N–H and O–H groups in total. The maximum absolute atomic E-state index is 13.9. The van der Waals surface area contributed by atoms with Crippen molar-refractivity contribution in [2.24, 2.45) is 0 Å². The summed E-state index contributed by atoms with van der Waals surface area (Å²) in [5.74, 6) is -8.13. The van der Waals surface area contributed by atoms with E-state index in [1.165, 1.54) is 41.5 Å². The molecule has 9 rings (SSSR count). The number of nitrogens with one attached hydrogen (secondary N) is 1. The summed E-state index contributed by atoms with van der Waals surface area (Å²) in [6.07, 6.45) is -33.4. The SMILES string of the molecule is CC1CCCCCC(O)(C(F)(F)F)c2nnc(o2)-c2nc(c(C(F)(F)F)cc2N)O1.CC1CCCCCC(O)(C(F)(F)F)c2nnc(o2)-c2nc(c(C(F)(F)F)cc2N)O1.CC1CCCCCC(O)(C(F)(F)F)c2nnc(o2)-c2nc(c(C(F)(F)F)cc2NC(=O)OC(C)(C)C)O1.Cl.Cl. The van der Waals surface area contributed by atoms with Crippen LogP contribution in [0.3, 0.4) is 0 Å². The second-order valence-corrected chi connectivity index (χ2v) is 23.8. The van der Waals surface area contributed by atoms with Crippen molar-refractivity contribution in [2.75, 3.05) is 16.8 Å². The summed E-state index contributed by atoms with van der Waals surface area (Å²) in [7, 11) is 0. The molecule has 6 atom stereocenters. The highest BCUT2D eigenvalue weighted by Crippen LogP contribution is 2.49. The lowest BCUT2D eigenvalue weighted by Crippen LogP contribution is -2.42. The van der Waals surface area contributed by atoms with Crippen LogP contribution >= 0.6 is 24.8 Å². The summed E-state index contributed by atoms with van der Waals surface area (Å²) in [5, 5.41) is 53.3. The number of carbonyl (C=O) groups excluding carboxylic acids is 1. The van der Waals surface area contributed by atoms with Gasteiger partial charge in [0.1, 0.15) is 22.3 Å². The fourth-order valence-corrected chi connectivity index (χ4v) is 9.70. The van der Waals surface area contributed by atoms with Crippen LogP contribution in [-0.4, -0.2) is 109 Å². The van der Waals surface area contributed by atoms with Crippen molar-refractivity contribution >= 4 is 48.0 Å². The van der Waals surface area contributed by atoms with Gasteiger partial charge in [-0.25, -0.2) is 19.7 Å². The quantitative estimate of drug-likeness (QED) is 0.0833. The number of alkyl halides is 18. The van der Waals surface area contributed by atoms with Crippen molar-refractivity contribution in [2.45, 2.75) is 216 Å². The Kier molecular flexibility index (Phi) is 25.4. The Bertz CT molecular complexity index is 3570. The molecule has 0 spiro atoms. The first-order valence-electron chi connectivity index (χ1n) is 29.3. The van der Waals surface area contributed by atoms with E-state index in [-0.39, 0.29) is 82.6 Å². The molecule has 0 saturated heterocycles. The molecule has 0 aliphatic carbocycles. The molecule has 43 heteroatoms. The molecular formula is C56H64Cl2F18N12O11. The van der Waals surface area contributed by atoms with Crippen LogP contribution in [0, 0.1) is 0 Å². The zero-order valence-corrected chi connectivity index (χ0v) is 54.1. The number of pyridine rings is 3. The first-order chi connectivity index (χ1) is 44.6. The molecule has 0 radical (unpaired) electrons. The van der Waals surface area contributed by atoms with E-state index in [1.54, 1.807) is 0 Å². The summed E-state index contributed by atoms with van der Waals surface area (Å²) >= 11 is 0. The Hall–Kier alpha value is -7.66. The average Bonchev–Trinajstić information content (AvgIpc) is 1.68. The molecule has 9 heterocycles. The van der Waals surface area contributed by atoms with Crippen molar-refractivity contribution in [3.63, 3.8) is 0 Å². The number of hydrogen-bond donors (Lipinski definition) is 6. The predicted molar refractivity (Wildman–Crippen MR) is 310 cm³/mol. The molecule has 0 fully saturated rings. The molecule has 554 valence electrons. The fourth-order valence-electron chi connectivity index (χ4n) is 9.70. The second kappa shape index (κ2) is 30.7. The smallest absolute Gasteiger partial charge is 0.426 e. The number of hydrogen-bond acceptors (Lipinski definition) is 22. The monoisotopic (exact) mass is 1490 g/mol. The first kappa shape index (κ1) is 82.0. The highest BCUT2D eigenvalue weighted by atomic mass is 35.5. The van der Waals surface area contributed by atoms with Crippen LogP contribution in [-0.2, 0) is 40.1 Å². The minimum Gasteiger partial charge on any atom is -0.474 e. The van der Waals surface area contributed by atoms with Crippen LogP contribution in [0.2, 0.25) is 0 Å². The Balaban J connectivity index is 0.000000267. The Morgan fingerprint density at radius 1 is 0.465 bits per heavy atom. The van der Waals surface area contributed by atoms with Crippen molar-refractivity contribution in [1.82, 2.24) is 45.5 Å². The zero-order chi connectivity index (χ0) is 72.5. The molecule has 1 amide bonds. The number of halogens is 20. The van der Waals surface area contributed by atoms with Gasteiger partial charge in [0.05, 0.1) is 35.4 Å². The van der Waals surface area contributed by atoms with Gasteiger partial charge in [0.15, 0.2) is 17.1 Å². The van der Waals surface area contributed by atoms with Gasteiger partial charge in [0.2, 0.25) is 34.4 Å². The van der Waals surface area contributed by atoms with E-state index < -0.39 is 207 Å². The van der Waals surface area contributed by atoms with E-state index in [0.29, 0.717) is 37.5 Å². The van der Waals surface area contributed by atoms with Crippen LogP contribution in [0.1, 0.15) is 172 Å². The molecular weight excluding hydrogens is 1430 g/mol. The predicted octanol–water partition coefficient (Wildman–Crippen LogP) is 15.3. The van der Waals surface area contributed by atoms with Gasteiger partial charge < -0.3 is 59.0 Å². The molecule has 3 aliphatic heterocycles. The number of aromatic nitrogens is 9. The lowest BCUT2D eigenvalue weighted by Gasteiger charge is -2.27. The highest BCUT2D eigenvalue weighted by Gasteiger charge is 2.61. The number of nitrogens with zero attached hydrogens (tertiary/aromatic N) is 9. The number of nitrogen functional groups attached to an aromatic ring is 2. The molecule has 3 aliphatic rings. The number of ether oxygens (including phenoxy) is 4. The molecule has 23 nitrogen and oxygen atoms in total. The summed E-state index contributed by atoms with van der Waals surface area (Å²) in [5.41, 5.74) is -7.26. The Morgan fingerprint density at radius 3 is 1.03 bits per heavy atom. The van der Waals surface area contributed by atoms with Crippen LogP contribution in [0.5, 0.6) is 17.6 Å². The van der Waals surface area contributed by atoms with Crippen LogP contribution in [0.15, 0.2) is 31.5 Å². The standard InChI is InChI=1S/C22H26F6N4O5.2C17H18F6N4O3.2ClH/c1-11-8-6-5-7-9-20(34,22(26,27)28)17-32-31-16(36-17)14-13(29-18(33)37-19(2,3)4)10-12(21(23,24)25)15(30-14)35-11;2*1-8-5-3-2-4-6-15(28,17(21,22)23)14-27-26-13(30-14)11-10(24)7-9(16(18,19)20)12(25-11)29-8;;/h10-11,34H,5-9H2,1-4H3,(H,29,33);2*7-8,28H,2-6,24H2,1H3;2*1H. The van der Waals surface area contributed by atoms with Crippen molar-refractivity contribution in [3.8, 4) is 52.4 Å². The van der Waals surface area contributed by atoms with E-state index in [4.69, 9.17) is 43.7 Å². The van der Waals surface area contributed by atoms with Gasteiger partial charge >= 0.3 is 43.2 Å². The second-order valence-electron chi connectivity index (χ2n) is 23.8. The zero-order valence-electron chi connectivity index (χ0n) is 52.5. The molecule has 6 aromatic heterocycles. The number of amides is 1. The van der Waals surface area contributed by atoms with Gasteiger partial charge in [0, 0.05) is 0 Å².